The van der Waals surface area contributed by atoms with Crippen molar-refractivity contribution in [2.24, 2.45) is 0 Å². The molecule has 0 aromatic carbocycles. The summed E-state index contributed by atoms with van der Waals surface area (Å²) in [6.07, 6.45) is 0. The van der Waals surface area contributed by atoms with Crippen molar-refractivity contribution in [3.8, 4) is 0 Å². The van der Waals surface area contributed by atoms with E-state index in [9.17, 15) is 0 Å². The Hall–Kier alpha value is 0.250. The summed E-state index contributed by atoms with van der Waals surface area (Å²) in [5.41, 5.74) is 0. The van der Waals surface area contributed by atoms with E-state index in [1.54, 1.807) is 0 Å². The minimum atomic E-state index is 0.191. The van der Waals surface area contributed by atoms with Gasteiger partial charge in [0.15, 0.2) is 0 Å². The number of rotatable bonds is 2. The molecule has 0 N–H and O–H groups in total. The fourth-order valence-corrected chi connectivity index (χ4v) is 0.134. The number of ether oxygens (including phenoxy) is 1. The molecular formula is C3H5ClO. The van der Waals surface area contributed by atoms with Gasteiger partial charge in [0.2, 0.25) is 0 Å². The maximum absolute atomic E-state index is 5.00. The minimum Gasteiger partial charge on any atom is -0.365 e. The van der Waals surface area contributed by atoms with Crippen LogP contribution in [0, 0.1) is 6.92 Å². The molecule has 0 heterocycles. The van der Waals surface area contributed by atoms with Crippen LogP contribution in [0.4, 0.5) is 0 Å². The fraction of sp³-hybridized carbons (Fsp3) is 0.667. The molecule has 0 aromatic rings. The van der Waals surface area contributed by atoms with Crippen LogP contribution >= 0.6 is 11.6 Å². The van der Waals surface area contributed by atoms with E-state index in [0.717, 1.165) is 0 Å². The van der Waals surface area contributed by atoms with Gasteiger partial charge in [-0.3, -0.25) is 0 Å². The number of halogens is 1. The van der Waals surface area contributed by atoms with Gasteiger partial charge in [-0.1, -0.05) is 11.6 Å². The van der Waals surface area contributed by atoms with Crippen molar-refractivity contribution in [2.45, 2.75) is 0 Å². The lowest BCUT2D eigenvalue weighted by atomic mass is 10.9. The zero-order valence-corrected chi connectivity index (χ0v) is 3.53. The average molecular weight is 92.5 g/mol. The van der Waals surface area contributed by atoms with Gasteiger partial charge < -0.3 is 4.74 Å². The minimum absolute atomic E-state index is 0.191. The van der Waals surface area contributed by atoms with Crippen molar-refractivity contribution in [1.82, 2.24) is 0 Å². The van der Waals surface area contributed by atoms with Crippen LogP contribution in [-0.2, 0) is 4.74 Å². The third kappa shape index (κ3) is 4.25. The topological polar surface area (TPSA) is 9.23 Å². The zero-order valence-electron chi connectivity index (χ0n) is 2.78. The molecule has 2 radical (unpaired) electrons. The van der Waals surface area contributed by atoms with E-state index in [-0.39, 0.29) is 12.7 Å². The summed E-state index contributed by atoms with van der Waals surface area (Å²) in [6, 6.07) is 0.191. The third-order valence-corrected chi connectivity index (χ3v) is 0.349. The maximum atomic E-state index is 5.00. The van der Waals surface area contributed by atoms with Crippen molar-refractivity contribution in [2.75, 3.05) is 12.7 Å². The maximum Gasteiger partial charge on any atom is 0.120 e. The van der Waals surface area contributed by atoms with Crippen LogP contribution in [0.25, 0.3) is 0 Å². The number of hydrogen-bond donors (Lipinski definition) is 0. The Morgan fingerprint density at radius 2 is 2.40 bits per heavy atom. The lowest BCUT2D eigenvalue weighted by Gasteiger charge is -1.83. The Morgan fingerprint density at radius 1 is 1.80 bits per heavy atom. The van der Waals surface area contributed by atoms with Crippen molar-refractivity contribution >= 4 is 11.6 Å². The van der Waals surface area contributed by atoms with Crippen LogP contribution in [-0.4, -0.2) is 12.7 Å². The molecular weight excluding hydrogens is 87.5 g/mol. The van der Waals surface area contributed by atoms with Gasteiger partial charge in [-0.25, -0.2) is 0 Å². The molecule has 0 unspecified atom stereocenters. The largest absolute Gasteiger partial charge is 0.365 e. The zero-order chi connectivity index (χ0) is 4.12. The lowest BCUT2D eigenvalue weighted by Crippen LogP contribution is -1.81. The Kier molecular flexibility index (Phi) is 4.46. The first-order chi connectivity index (χ1) is 2.41. The first-order valence-corrected chi connectivity index (χ1v) is 1.79. The highest BCUT2D eigenvalue weighted by Gasteiger charge is 1.66. The number of alkyl halides is 1. The van der Waals surface area contributed by atoms with Gasteiger partial charge in [0.1, 0.15) is 6.07 Å². The molecule has 0 aliphatic rings. The first-order valence-electron chi connectivity index (χ1n) is 1.25. The summed E-state index contributed by atoms with van der Waals surface area (Å²) >= 11 is 5.00. The summed E-state index contributed by atoms with van der Waals surface area (Å²) in [5, 5.41) is 0. The van der Waals surface area contributed by atoms with Gasteiger partial charge in [0, 0.05) is 0 Å². The molecule has 0 fully saturated rings. The Balaban J connectivity index is 2.19. The molecule has 0 spiro atoms. The van der Waals surface area contributed by atoms with Crippen molar-refractivity contribution in [3.05, 3.63) is 6.92 Å². The SMILES string of the molecule is [CH]COCCl. The van der Waals surface area contributed by atoms with Crippen LogP contribution in [0.15, 0.2) is 0 Å². The van der Waals surface area contributed by atoms with Crippen molar-refractivity contribution < 1.29 is 4.74 Å². The second-order valence-electron chi connectivity index (χ2n) is 0.480. The Bertz CT molecular complexity index is 14.4. The molecule has 0 aromatic heterocycles. The normalized spacial score (nSPS) is 8.40. The fourth-order valence-electron chi connectivity index (χ4n) is 0.0445. The van der Waals surface area contributed by atoms with Crippen LogP contribution in [0.3, 0.4) is 0 Å². The summed E-state index contributed by atoms with van der Waals surface area (Å²) in [7, 11) is 0. The highest BCUT2D eigenvalue weighted by atomic mass is 35.5. The first kappa shape index (κ1) is 5.25. The highest BCUT2D eigenvalue weighted by molar-refractivity contribution is 6.17. The molecule has 0 atom stereocenters. The van der Waals surface area contributed by atoms with Crippen LogP contribution in [0.2, 0.25) is 0 Å². The number of hydrogen-bond acceptors (Lipinski definition) is 1. The third-order valence-electron chi connectivity index (χ3n) is 0.195. The molecule has 0 bridgehead atoms. The second-order valence-corrected chi connectivity index (χ2v) is 0.698. The standard InChI is InChI=1S/C3H5ClO/c1-2-5-3-4/h1H,2-3H2. The molecule has 2 heteroatoms. The molecule has 0 saturated heterocycles. The smallest absolute Gasteiger partial charge is 0.120 e. The Morgan fingerprint density at radius 3 is 2.40 bits per heavy atom. The van der Waals surface area contributed by atoms with Gasteiger partial charge in [0.25, 0.3) is 0 Å². The van der Waals surface area contributed by atoms with Gasteiger partial charge in [-0.05, 0) is 6.92 Å². The van der Waals surface area contributed by atoms with E-state index in [4.69, 9.17) is 18.5 Å². The molecule has 5 heavy (non-hydrogen) atoms. The van der Waals surface area contributed by atoms with Crippen LogP contribution in [0.5, 0.6) is 0 Å². The predicted octanol–water partition coefficient (Wildman–Crippen LogP) is 0.910. The van der Waals surface area contributed by atoms with E-state index in [2.05, 4.69) is 4.74 Å². The van der Waals surface area contributed by atoms with Crippen LogP contribution < -0.4 is 0 Å². The summed E-state index contributed by atoms with van der Waals surface area (Å²) < 4.78 is 4.38. The predicted molar refractivity (Wildman–Crippen MR) is 21.0 cm³/mol. The van der Waals surface area contributed by atoms with E-state index in [1.807, 2.05) is 0 Å². The molecule has 0 saturated carbocycles. The molecule has 0 aliphatic heterocycles. The molecule has 1 nitrogen and oxygen atoms in total. The lowest BCUT2D eigenvalue weighted by molar-refractivity contribution is 0.211. The monoisotopic (exact) mass is 92.0 g/mol. The van der Waals surface area contributed by atoms with E-state index in [1.165, 1.54) is 0 Å². The van der Waals surface area contributed by atoms with Crippen LogP contribution in [0.1, 0.15) is 0 Å². The van der Waals surface area contributed by atoms with Crippen molar-refractivity contribution in [1.29, 1.82) is 0 Å². The van der Waals surface area contributed by atoms with E-state index in [0.29, 0.717) is 0 Å². The van der Waals surface area contributed by atoms with Gasteiger partial charge in [-0.2, -0.15) is 0 Å². The van der Waals surface area contributed by atoms with Gasteiger partial charge in [-0.15, -0.1) is 0 Å². The highest BCUT2D eigenvalue weighted by Crippen LogP contribution is 1.73. The average Bonchev–Trinajstić information content (AvgIpc) is 1.41. The Labute approximate surface area is 36.9 Å². The summed E-state index contributed by atoms with van der Waals surface area (Å²) in [6.45, 7) is 5.04. The summed E-state index contributed by atoms with van der Waals surface area (Å²) in [5.74, 6) is 0. The molecule has 30 valence electrons. The molecule has 0 aliphatic carbocycles. The quantitative estimate of drug-likeness (QED) is 0.460. The van der Waals surface area contributed by atoms with E-state index < -0.39 is 0 Å². The summed E-state index contributed by atoms with van der Waals surface area (Å²) in [4.78, 5) is 0. The van der Waals surface area contributed by atoms with Gasteiger partial charge >= 0.3 is 0 Å². The van der Waals surface area contributed by atoms with E-state index >= 15 is 0 Å². The molecule has 0 amide bonds. The van der Waals surface area contributed by atoms with Gasteiger partial charge in [0.05, 0.1) is 6.61 Å². The molecule has 0 rings (SSSR count). The van der Waals surface area contributed by atoms with Crippen molar-refractivity contribution in [3.63, 3.8) is 0 Å². The second kappa shape index (κ2) is 4.25.